The van der Waals surface area contributed by atoms with Crippen LogP contribution in [0.3, 0.4) is 0 Å². The van der Waals surface area contributed by atoms with E-state index in [1.54, 1.807) is 31.2 Å². The topological polar surface area (TPSA) is 84.9 Å². The van der Waals surface area contributed by atoms with Gasteiger partial charge in [0.05, 0.1) is 18.1 Å². The second-order valence-electron chi connectivity index (χ2n) is 7.71. The van der Waals surface area contributed by atoms with Gasteiger partial charge in [-0.25, -0.2) is 8.42 Å². The number of carbonyl (C=O) groups excluding carboxylic acids is 1. The van der Waals surface area contributed by atoms with Gasteiger partial charge in [0.1, 0.15) is 5.75 Å². The van der Waals surface area contributed by atoms with E-state index in [1.807, 2.05) is 48.5 Å². The molecule has 3 aromatic carbocycles. The zero-order valence-electron chi connectivity index (χ0n) is 18.3. The maximum Gasteiger partial charge on any atom is 0.270 e. The molecule has 0 aromatic heterocycles. The molecule has 0 spiro atoms. The second-order valence-corrected chi connectivity index (χ2v) is 9.61. The molecule has 4 rings (SSSR count). The molecule has 1 aliphatic rings. The van der Waals surface area contributed by atoms with Crippen LogP contribution in [0.2, 0.25) is 0 Å². The van der Waals surface area contributed by atoms with Crippen molar-refractivity contribution in [3.8, 4) is 5.75 Å². The third kappa shape index (κ3) is 5.42. The lowest BCUT2D eigenvalue weighted by Gasteiger charge is -2.27. The number of anilines is 1. The standard InChI is InChI=1S/C25H26N2O5S/c1-19-12-13-21(18-23(19)33(29,30)27-14-16-31-17-15-27)26-25(28)24(20-8-4-2-5-9-20)32-22-10-6-3-7-11-22/h2-13,18,24H,14-17H2,1H3,(H,26,28). The van der Waals surface area contributed by atoms with Crippen molar-refractivity contribution in [2.45, 2.75) is 17.9 Å². The van der Waals surface area contributed by atoms with Crippen molar-refractivity contribution in [1.82, 2.24) is 4.31 Å². The van der Waals surface area contributed by atoms with Gasteiger partial charge in [0.25, 0.3) is 5.91 Å². The maximum atomic E-state index is 13.3. The Balaban J connectivity index is 1.60. The summed E-state index contributed by atoms with van der Waals surface area (Å²) in [5, 5.41) is 2.83. The second kappa shape index (κ2) is 10.2. The molecule has 1 fully saturated rings. The Kier molecular flexibility index (Phi) is 7.08. The van der Waals surface area contributed by atoms with Crippen LogP contribution in [0.15, 0.2) is 83.8 Å². The number of nitrogens with one attached hydrogen (secondary N) is 1. The van der Waals surface area contributed by atoms with E-state index < -0.39 is 22.0 Å². The number of aryl methyl sites for hydroxylation is 1. The number of sulfonamides is 1. The van der Waals surface area contributed by atoms with Gasteiger partial charge in [-0.2, -0.15) is 4.31 Å². The summed E-state index contributed by atoms with van der Waals surface area (Å²) < 4.78 is 39.0. The van der Waals surface area contributed by atoms with Gasteiger partial charge >= 0.3 is 0 Å². The summed E-state index contributed by atoms with van der Waals surface area (Å²) in [5.74, 6) is 0.157. The van der Waals surface area contributed by atoms with E-state index in [1.165, 1.54) is 10.4 Å². The van der Waals surface area contributed by atoms with Crippen LogP contribution in [0.4, 0.5) is 5.69 Å². The van der Waals surface area contributed by atoms with Crippen LogP contribution in [0.25, 0.3) is 0 Å². The molecule has 1 heterocycles. The maximum absolute atomic E-state index is 13.3. The molecule has 0 bridgehead atoms. The molecule has 0 aliphatic carbocycles. The Hall–Kier alpha value is -3.20. The number of nitrogens with zero attached hydrogens (tertiary/aromatic N) is 1. The fourth-order valence-corrected chi connectivity index (χ4v) is 5.28. The Bertz CT molecular complexity index is 1190. The van der Waals surface area contributed by atoms with Crippen molar-refractivity contribution in [2.75, 3.05) is 31.6 Å². The van der Waals surface area contributed by atoms with E-state index in [4.69, 9.17) is 9.47 Å². The number of morpholine rings is 1. The molecule has 1 aliphatic heterocycles. The third-order valence-electron chi connectivity index (χ3n) is 5.38. The van der Waals surface area contributed by atoms with E-state index in [0.29, 0.717) is 48.9 Å². The molecule has 172 valence electrons. The molecule has 1 saturated heterocycles. The lowest BCUT2D eigenvalue weighted by molar-refractivity contribution is -0.123. The van der Waals surface area contributed by atoms with Crippen LogP contribution in [-0.2, 0) is 19.6 Å². The van der Waals surface area contributed by atoms with Gasteiger partial charge in [0, 0.05) is 24.3 Å². The van der Waals surface area contributed by atoms with Crippen molar-refractivity contribution in [3.63, 3.8) is 0 Å². The zero-order valence-corrected chi connectivity index (χ0v) is 19.1. The molecular weight excluding hydrogens is 440 g/mol. The van der Waals surface area contributed by atoms with Gasteiger partial charge in [0.15, 0.2) is 0 Å². The van der Waals surface area contributed by atoms with Crippen molar-refractivity contribution in [1.29, 1.82) is 0 Å². The average Bonchev–Trinajstić information content (AvgIpc) is 2.85. The first-order valence-electron chi connectivity index (χ1n) is 10.7. The van der Waals surface area contributed by atoms with Crippen molar-refractivity contribution < 1.29 is 22.7 Å². The van der Waals surface area contributed by atoms with Crippen LogP contribution in [0.5, 0.6) is 5.75 Å². The fraction of sp³-hybridized carbons (Fsp3) is 0.240. The van der Waals surface area contributed by atoms with Crippen molar-refractivity contribution >= 4 is 21.6 Å². The van der Waals surface area contributed by atoms with E-state index in [9.17, 15) is 13.2 Å². The predicted octanol–water partition coefficient (Wildman–Crippen LogP) is 3.77. The highest BCUT2D eigenvalue weighted by atomic mass is 32.2. The minimum absolute atomic E-state index is 0.169. The molecule has 1 N–H and O–H groups in total. The normalized spacial score (nSPS) is 15.5. The van der Waals surface area contributed by atoms with Gasteiger partial charge in [-0.3, -0.25) is 4.79 Å². The molecule has 3 aromatic rings. The number of hydrogen-bond acceptors (Lipinski definition) is 5. The van der Waals surface area contributed by atoms with Gasteiger partial charge in [-0.05, 0) is 36.8 Å². The van der Waals surface area contributed by atoms with E-state index >= 15 is 0 Å². The quantitative estimate of drug-likeness (QED) is 0.573. The molecule has 1 amide bonds. The lowest BCUT2D eigenvalue weighted by atomic mass is 10.1. The number of para-hydroxylation sites is 1. The first-order valence-corrected chi connectivity index (χ1v) is 12.2. The molecule has 0 saturated carbocycles. The summed E-state index contributed by atoms with van der Waals surface area (Å²) in [5.41, 5.74) is 1.68. The predicted molar refractivity (Wildman–Crippen MR) is 126 cm³/mol. The monoisotopic (exact) mass is 466 g/mol. The van der Waals surface area contributed by atoms with Crippen LogP contribution in [0, 0.1) is 6.92 Å². The minimum Gasteiger partial charge on any atom is -0.476 e. The summed E-state index contributed by atoms with van der Waals surface area (Å²) in [6.07, 6.45) is -0.908. The van der Waals surface area contributed by atoms with Crippen LogP contribution in [-0.4, -0.2) is 44.9 Å². The van der Waals surface area contributed by atoms with Crippen LogP contribution < -0.4 is 10.1 Å². The van der Waals surface area contributed by atoms with Crippen LogP contribution >= 0.6 is 0 Å². The lowest BCUT2D eigenvalue weighted by Crippen LogP contribution is -2.40. The number of ether oxygens (including phenoxy) is 2. The molecule has 1 atom stereocenters. The van der Waals surface area contributed by atoms with E-state index in [-0.39, 0.29) is 4.90 Å². The highest BCUT2D eigenvalue weighted by molar-refractivity contribution is 7.89. The fourth-order valence-electron chi connectivity index (χ4n) is 3.63. The number of hydrogen-bond donors (Lipinski definition) is 1. The van der Waals surface area contributed by atoms with Gasteiger partial charge in [-0.1, -0.05) is 54.6 Å². The van der Waals surface area contributed by atoms with E-state index in [0.717, 1.165) is 0 Å². The first-order chi connectivity index (χ1) is 15.9. The minimum atomic E-state index is -3.70. The molecule has 7 nitrogen and oxygen atoms in total. The Morgan fingerprint density at radius 2 is 1.61 bits per heavy atom. The van der Waals surface area contributed by atoms with Gasteiger partial charge in [0.2, 0.25) is 16.1 Å². The van der Waals surface area contributed by atoms with Gasteiger partial charge < -0.3 is 14.8 Å². The molecule has 0 radical (unpaired) electrons. The van der Waals surface area contributed by atoms with Gasteiger partial charge in [-0.15, -0.1) is 0 Å². The highest BCUT2D eigenvalue weighted by Gasteiger charge is 2.29. The number of rotatable bonds is 7. The summed E-state index contributed by atoms with van der Waals surface area (Å²) in [6, 6.07) is 23.1. The average molecular weight is 467 g/mol. The number of carbonyl (C=O) groups is 1. The summed E-state index contributed by atoms with van der Waals surface area (Å²) in [7, 11) is -3.70. The van der Waals surface area contributed by atoms with Crippen molar-refractivity contribution in [3.05, 3.63) is 90.0 Å². The van der Waals surface area contributed by atoms with Crippen LogP contribution in [0.1, 0.15) is 17.2 Å². The first kappa shape index (κ1) is 23.0. The Labute approximate surface area is 194 Å². The van der Waals surface area contributed by atoms with E-state index in [2.05, 4.69) is 5.32 Å². The Morgan fingerprint density at radius 1 is 0.970 bits per heavy atom. The third-order valence-corrected chi connectivity index (χ3v) is 7.42. The highest BCUT2D eigenvalue weighted by Crippen LogP contribution is 2.27. The smallest absolute Gasteiger partial charge is 0.270 e. The molecule has 33 heavy (non-hydrogen) atoms. The zero-order chi connectivity index (χ0) is 23.3. The summed E-state index contributed by atoms with van der Waals surface area (Å²) in [6.45, 7) is 3.08. The Morgan fingerprint density at radius 3 is 2.27 bits per heavy atom. The molecule has 8 heteroatoms. The molecular formula is C25H26N2O5S. The number of amides is 1. The SMILES string of the molecule is Cc1ccc(NC(=O)C(Oc2ccccc2)c2ccccc2)cc1S(=O)(=O)N1CCOCC1. The molecule has 1 unspecified atom stereocenters. The summed E-state index contributed by atoms with van der Waals surface area (Å²) in [4.78, 5) is 13.4. The largest absolute Gasteiger partial charge is 0.476 e. The number of benzene rings is 3. The summed E-state index contributed by atoms with van der Waals surface area (Å²) >= 11 is 0. The van der Waals surface area contributed by atoms with Crippen molar-refractivity contribution in [2.24, 2.45) is 0 Å².